The first kappa shape index (κ1) is 40.1. The van der Waals surface area contributed by atoms with Gasteiger partial charge in [-0.15, -0.1) is 11.8 Å². The number of rotatable bonds is 6. The molecule has 0 fully saturated rings. The van der Waals surface area contributed by atoms with E-state index >= 15 is 0 Å². The molecule has 0 nitrogen and oxygen atoms in total. The minimum atomic E-state index is 0.216. The van der Waals surface area contributed by atoms with Crippen molar-refractivity contribution in [2.24, 2.45) is 40.9 Å². The second kappa shape index (κ2) is 17.7. The van der Waals surface area contributed by atoms with Crippen LogP contribution in [0, 0.1) is 40.9 Å². The normalized spacial score (nSPS) is 31.6. The molecular weight excluding hydrogens is 729 g/mol. The van der Waals surface area contributed by atoms with Gasteiger partial charge >= 0.3 is 0 Å². The van der Waals surface area contributed by atoms with E-state index < -0.39 is 0 Å². The number of allylic oxidation sites excluding steroid dienone is 30. The van der Waals surface area contributed by atoms with E-state index in [1.54, 1.807) is 27.9 Å². The van der Waals surface area contributed by atoms with Crippen LogP contribution in [0.1, 0.15) is 97.5 Å². The first-order valence-corrected chi connectivity index (χ1v) is 24.1. The van der Waals surface area contributed by atoms with Crippen LogP contribution in [-0.2, 0) is 0 Å². The minimum absolute atomic E-state index is 0.216. The van der Waals surface area contributed by atoms with E-state index in [0.29, 0.717) is 35.5 Å². The molecule has 1 heterocycles. The van der Waals surface area contributed by atoms with Gasteiger partial charge in [-0.05, 0) is 167 Å². The lowest BCUT2D eigenvalue weighted by Crippen LogP contribution is -2.29. The van der Waals surface area contributed by atoms with Gasteiger partial charge < -0.3 is 0 Å². The molecule has 0 amide bonds. The van der Waals surface area contributed by atoms with Gasteiger partial charge in [0, 0.05) is 22.5 Å². The highest BCUT2D eigenvalue weighted by Crippen LogP contribution is 2.54. The smallest absolute Gasteiger partial charge is 0.0147 e. The van der Waals surface area contributed by atoms with Gasteiger partial charge in [-0.1, -0.05) is 161 Å². The number of thioether (sulfide) groups is 1. The van der Waals surface area contributed by atoms with Crippen molar-refractivity contribution >= 4 is 17.3 Å². The molecule has 0 aromatic heterocycles. The molecule has 7 atom stereocenters. The molecule has 8 aliphatic rings. The Morgan fingerprint density at radius 1 is 0.881 bits per heavy atom. The van der Waals surface area contributed by atoms with E-state index in [4.69, 9.17) is 0 Å². The van der Waals surface area contributed by atoms with Crippen LogP contribution in [0.5, 0.6) is 0 Å². The number of hydrogen-bond donors (Lipinski definition) is 0. The molecule has 0 bridgehead atoms. The Labute approximate surface area is 360 Å². The van der Waals surface area contributed by atoms with E-state index in [1.807, 2.05) is 0 Å². The van der Waals surface area contributed by atoms with Crippen molar-refractivity contribution in [1.29, 1.82) is 0 Å². The van der Waals surface area contributed by atoms with Gasteiger partial charge in [0.05, 0.1) is 0 Å². The van der Waals surface area contributed by atoms with Crippen LogP contribution in [0.25, 0.3) is 5.57 Å². The minimum Gasteiger partial charge on any atom is -0.125 e. The Kier molecular flexibility index (Phi) is 12.0. The first-order valence-electron chi connectivity index (χ1n) is 23.1. The first-order chi connectivity index (χ1) is 28.9. The SMILES string of the molecule is CCC(=CC1CC(C)C2(C)CC=CC=C2C2=C1C=CCC2)C1=CCC=CC(C2=CC3=C(C=CC2)CCC(C2C=CC=C(CC)c4ccccc4SC2)C2C=CC=CC32)=C1. The molecule has 7 unspecified atom stereocenters. The molecule has 0 N–H and O–H groups in total. The summed E-state index contributed by atoms with van der Waals surface area (Å²) in [6, 6.07) is 9.06. The highest BCUT2D eigenvalue weighted by atomic mass is 32.2. The topological polar surface area (TPSA) is 0 Å². The summed E-state index contributed by atoms with van der Waals surface area (Å²) < 4.78 is 0. The lowest BCUT2D eigenvalue weighted by molar-refractivity contribution is 0.240. The summed E-state index contributed by atoms with van der Waals surface area (Å²) in [6.45, 7) is 9.72. The molecular formula is C58H64S. The van der Waals surface area contributed by atoms with Crippen molar-refractivity contribution in [1.82, 2.24) is 0 Å². The summed E-state index contributed by atoms with van der Waals surface area (Å²) in [5.41, 5.74) is 16.8. The zero-order chi connectivity index (χ0) is 40.3. The predicted molar refractivity (Wildman–Crippen MR) is 256 cm³/mol. The molecule has 1 aromatic carbocycles. The molecule has 1 aliphatic heterocycles. The van der Waals surface area contributed by atoms with Crippen LogP contribution in [0.4, 0.5) is 0 Å². The third-order valence-corrected chi connectivity index (χ3v) is 16.4. The van der Waals surface area contributed by atoms with E-state index in [0.717, 1.165) is 50.7 Å². The van der Waals surface area contributed by atoms with Crippen LogP contribution in [0.3, 0.4) is 0 Å². The zero-order valence-electron chi connectivity index (χ0n) is 36.0. The third-order valence-electron chi connectivity index (χ3n) is 15.2. The average molecular weight is 793 g/mol. The average Bonchev–Trinajstić information content (AvgIpc) is 3.70. The fraction of sp³-hybridized carbons (Fsp3) is 0.379. The van der Waals surface area contributed by atoms with Gasteiger partial charge in [-0.25, -0.2) is 0 Å². The predicted octanol–water partition coefficient (Wildman–Crippen LogP) is 16.1. The van der Waals surface area contributed by atoms with E-state index in [9.17, 15) is 0 Å². The lowest BCUT2D eigenvalue weighted by atomic mass is 9.65. The summed E-state index contributed by atoms with van der Waals surface area (Å²) in [4.78, 5) is 1.43. The van der Waals surface area contributed by atoms with Crippen molar-refractivity contribution in [3.05, 3.63) is 202 Å². The van der Waals surface area contributed by atoms with Crippen LogP contribution in [-0.4, -0.2) is 5.75 Å². The van der Waals surface area contributed by atoms with Crippen molar-refractivity contribution < 1.29 is 0 Å². The fourth-order valence-corrected chi connectivity index (χ4v) is 12.9. The second-order valence-electron chi connectivity index (χ2n) is 18.4. The van der Waals surface area contributed by atoms with E-state index in [1.165, 1.54) is 57.6 Å². The maximum atomic E-state index is 2.69. The second-order valence-corrected chi connectivity index (χ2v) is 19.5. The highest BCUT2D eigenvalue weighted by Gasteiger charge is 2.42. The highest BCUT2D eigenvalue weighted by molar-refractivity contribution is 7.99. The Bertz CT molecular complexity index is 2300. The molecule has 0 saturated carbocycles. The number of fused-ring (bicyclic) bond motifs is 5. The standard InChI is InChI=1S/C58H64S/c1-5-41-21-17-24-47(39-59-57-31-14-13-26-51(41)57)50-33-32-43-22-18-23-46(38-55(43)53-28-11-10-27-52(50)53)45-20-8-7-19-44(37-45)42(6-2)36-48-35-40(3)58(4)34-16-15-30-56(58)54-29-12-9-25-49(48)54/h8-11,13-22,24-28,30-31,36-38,40,47-48,50,52-53H,5-7,12,23,29,32-35,39H2,1-4H3. The quantitative estimate of drug-likeness (QED) is 0.276. The Morgan fingerprint density at radius 2 is 1.78 bits per heavy atom. The van der Waals surface area contributed by atoms with Crippen molar-refractivity contribution in [2.45, 2.75) is 96.8 Å². The molecule has 7 aliphatic carbocycles. The Morgan fingerprint density at radius 3 is 2.68 bits per heavy atom. The van der Waals surface area contributed by atoms with Crippen LogP contribution in [0.15, 0.2) is 201 Å². The van der Waals surface area contributed by atoms with Crippen LogP contribution < -0.4 is 0 Å². The van der Waals surface area contributed by atoms with E-state index in [-0.39, 0.29) is 5.41 Å². The largest absolute Gasteiger partial charge is 0.125 e. The summed E-state index contributed by atoms with van der Waals surface area (Å²) >= 11 is 2.07. The molecule has 0 radical (unpaired) electrons. The summed E-state index contributed by atoms with van der Waals surface area (Å²) in [7, 11) is 0. The van der Waals surface area contributed by atoms with Gasteiger partial charge in [0.25, 0.3) is 0 Å². The van der Waals surface area contributed by atoms with Crippen molar-refractivity contribution in [3.8, 4) is 0 Å². The summed E-state index contributed by atoms with van der Waals surface area (Å²) in [5, 5.41) is 0. The van der Waals surface area contributed by atoms with Gasteiger partial charge in [-0.3, -0.25) is 0 Å². The molecule has 302 valence electrons. The zero-order valence-corrected chi connectivity index (χ0v) is 36.8. The van der Waals surface area contributed by atoms with E-state index in [2.05, 4.69) is 185 Å². The molecule has 1 aromatic rings. The number of benzene rings is 1. The van der Waals surface area contributed by atoms with Crippen molar-refractivity contribution in [2.75, 3.05) is 5.75 Å². The van der Waals surface area contributed by atoms with Gasteiger partial charge in [0.15, 0.2) is 0 Å². The van der Waals surface area contributed by atoms with Crippen LogP contribution in [0.2, 0.25) is 0 Å². The number of hydrogen-bond acceptors (Lipinski definition) is 1. The Balaban J connectivity index is 1.02. The molecule has 0 saturated heterocycles. The van der Waals surface area contributed by atoms with Gasteiger partial charge in [-0.2, -0.15) is 0 Å². The molecule has 0 spiro atoms. The van der Waals surface area contributed by atoms with Crippen molar-refractivity contribution in [3.63, 3.8) is 0 Å². The van der Waals surface area contributed by atoms with Gasteiger partial charge in [0.1, 0.15) is 0 Å². The molecule has 1 heteroatoms. The Hall–Kier alpha value is -4.33. The third kappa shape index (κ3) is 8.02. The summed E-state index contributed by atoms with van der Waals surface area (Å²) in [5.74, 6) is 4.12. The van der Waals surface area contributed by atoms with Crippen LogP contribution >= 0.6 is 11.8 Å². The summed E-state index contributed by atoms with van der Waals surface area (Å²) in [6.07, 6.45) is 60.4. The fourth-order valence-electron chi connectivity index (χ4n) is 11.6. The molecule has 59 heavy (non-hydrogen) atoms. The molecule has 9 rings (SSSR count). The maximum Gasteiger partial charge on any atom is 0.0147 e. The monoisotopic (exact) mass is 792 g/mol. The lowest BCUT2D eigenvalue weighted by Gasteiger charge is -2.39. The van der Waals surface area contributed by atoms with Gasteiger partial charge in [0.2, 0.25) is 0 Å². The maximum absolute atomic E-state index is 2.69.